The van der Waals surface area contributed by atoms with Crippen LogP contribution in [0.5, 0.6) is 0 Å². The molecule has 0 amide bonds. The third-order valence-corrected chi connectivity index (χ3v) is 2.85. The number of ether oxygens (including phenoxy) is 1. The number of carboxylic acids is 1. The van der Waals surface area contributed by atoms with Crippen LogP contribution < -0.4 is 5.32 Å². The monoisotopic (exact) mass is 300 g/mol. The Morgan fingerprint density at radius 3 is 2.71 bits per heavy atom. The highest BCUT2D eigenvalue weighted by atomic mass is 19.1. The normalized spacial score (nSPS) is 10.4. The number of rotatable bonds is 9. The number of anilines is 1. The Morgan fingerprint density at radius 2 is 2.14 bits per heavy atom. The minimum absolute atomic E-state index is 0.0512. The first kappa shape index (κ1) is 16.8. The molecule has 1 rings (SSSR count). The fourth-order valence-electron chi connectivity index (χ4n) is 1.79. The van der Waals surface area contributed by atoms with Crippen LogP contribution in [-0.2, 0) is 4.74 Å². The summed E-state index contributed by atoms with van der Waals surface area (Å²) in [5.74, 6) is -2.31. The molecule has 0 unspecified atom stereocenters. The Balaban J connectivity index is 2.72. The van der Waals surface area contributed by atoms with Crippen molar-refractivity contribution in [1.29, 1.82) is 0 Å². The molecule has 0 fully saturated rings. The zero-order valence-corrected chi connectivity index (χ0v) is 11.6. The Labute approximate surface area is 120 Å². The van der Waals surface area contributed by atoms with Crippen LogP contribution in [0.1, 0.15) is 29.6 Å². The molecule has 0 spiro atoms. The highest BCUT2D eigenvalue weighted by Crippen LogP contribution is 2.26. The molecule has 7 nitrogen and oxygen atoms in total. The third-order valence-electron chi connectivity index (χ3n) is 2.85. The molecule has 21 heavy (non-hydrogen) atoms. The van der Waals surface area contributed by atoms with Crippen LogP contribution >= 0.6 is 0 Å². The third kappa shape index (κ3) is 4.99. The number of halogens is 1. The summed E-state index contributed by atoms with van der Waals surface area (Å²) in [5.41, 5.74) is -1.35. The molecule has 0 atom stereocenters. The Bertz CT molecular complexity index is 522. The number of benzene rings is 1. The Morgan fingerprint density at radius 1 is 1.43 bits per heavy atom. The minimum atomic E-state index is -1.47. The van der Waals surface area contributed by atoms with E-state index >= 15 is 0 Å². The maximum atomic E-state index is 13.7. The van der Waals surface area contributed by atoms with E-state index in [1.165, 1.54) is 0 Å². The van der Waals surface area contributed by atoms with E-state index in [4.69, 9.17) is 9.84 Å². The molecule has 0 aliphatic carbocycles. The lowest BCUT2D eigenvalue weighted by Gasteiger charge is -2.09. The number of nitrogens with one attached hydrogen (secondary N) is 1. The summed E-state index contributed by atoms with van der Waals surface area (Å²) in [4.78, 5) is 20.7. The number of nitro benzene ring substituents is 1. The van der Waals surface area contributed by atoms with E-state index in [1.54, 1.807) is 7.11 Å². The van der Waals surface area contributed by atoms with Gasteiger partial charge in [0.2, 0.25) is 0 Å². The fourth-order valence-corrected chi connectivity index (χ4v) is 1.79. The van der Waals surface area contributed by atoms with Crippen molar-refractivity contribution >= 4 is 17.3 Å². The lowest BCUT2D eigenvalue weighted by Crippen LogP contribution is -2.08. The highest BCUT2D eigenvalue weighted by molar-refractivity contribution is 5.93. The van der Waals surface area contributed by atoms with Gasteiger partial charge in [0.15, 0.2) is 5.82 Å². The van der Waals surface area contributed by atoms with Gasteiger partial charge in [-0.1, -0.05) is 0 Å². The number of unbranched alkanes of at least 4 members (excludes halogenated alkanes) is 2. The number of nitrogens with zero attached hydrogens (tertiary/aromatic N) is 1. The molecular weight excluding hydrogens is 283 g/mol. The van der Waals surface area contributed by atoms with E-state index < -0.39 is 28.0 Å². The van der Waals surface area contributed by atoms with Crippen molar-refractivity contribution in [2.24, 2.45) is 0 Å². The Kier molecular flexibility index (Phi) is 6.54. The number of aromatic carboxylic acids is 1. The van der Waals surface area contributed by atoms with Crippen molar-refractivity contribution in [1.82, 2.24) is 0 Å². The predicted octanol–water partition coefficient (Wildman–Crippen LogP) is 2.66. The summed E-state index contributed by atoms with van der Waals surface area (Å²) in [7, 11) is 1.61. The van der Waals surface area contributed by atoms with Crippen molar-refractivity contribution in [3.05, 3.63) is 33.6 Å². The second kappa shape index (κ2) is 8.15. The van der Waals surface area contributed by atoms with Gasteiger partial charge in [0.25, 0.3) is 5.69 Å². The van der Waals surface area contributed by atoms with Gasteiger partial charge in [-0.25, -0.2) is 9.18 Å². The minimum Gasteiger partial charge on any atom is -0.477 e. The number of methoxy groups -OCH3 is 1. The van der Waals surface area contributed by atoms with Crippen LogP contribution in [0, 0.1) is 15.9 Å². The van der Waals surface area contributed by atoms with Crippen LogP contribution in [-0.4, -0.2) is 36.3 Å². The molecule has 1 aromatic rings. The van der Waals surface area contributed by atoms with E-state index in [0.29, 0.717) is 19.2 Å². The van der Waals surface area contributed by atoms with Crippen molar-refractivity contribution < 1.29 is 24.0 Å². The lowest BCUT2D eigenvalue weighted by atomic mass is 10.1. The number of hydrogen-bond donors (Lipinski definition) is 2. The van der Waals surface area contributed by atoms with Crippen molar-refractivity contribution in [3.8, 4) is 0 Å². The summed E-state index contributed by atoms with van der Waals surface area (Å²) < 4.78 is 18.6. The molecule has 0 saturated carbocycles. The molecule has 0 aliphatic heterocycles. The highest BCUT2D eigenvalue weighted by Gasteiger charge is 2.23. The SMILES string of the molecule is COCCCCCNc1cc(C(=O)O)c([N+](=O)[O-])cc1F. The fraction of sp³-hybridized carbons (Fsp3) is 0.462. The summed E-state index contributed by atoms with van der Waals surface area (Å²) in [5, 5.41) is 22.4. The van der Waals surface area contributed by atoms with Gasteiger partial charge in [-0.3, -0.25) is 10.1 Å². The Hall–Kier alpha value is -2.22. The molecule has 0 aliphatic rings. The van der Waals surface area contributed by atoms with E-state index in [0.717, 1.165) is 25.3 Å². The molecule has 0 bridgehead atoms. The first-order chi connectivity index (χ1) is 9.97. The summed E-state index contributed by atoms with van der Waals surface area (Å²) in [6, 6.07) is 1.57. The maximum absolute atomic E-state index is 13.7. The molecule has 0 heterocycles. The molecule has 1 aromatic carbocycles. The average Bonchev–Trinajstić information content (AvgIpc) is 2.43. The molecule has 0 radical (unpaired) electrons. The zero-order chi connectivity index (χ0) is 15.8. The number of carbonyl (C=O) groups is 1. The van der Waals surface area contributed by atoms with E-state index in [-0.39, 0.29) is 5.69 Å². The van der Waals surface area contributed by atoms with Gasteiger partial charge in [0, 0.05) is 20.3 Å². The second-order valence-electron chi connectivity index (χ2n) is 4.39. The van der Waals surface area contributed by atoms with Gasteiger partial charge in [0.1, 0.15) is 5.56 Å². The predicted molar refractivity (Wildman–Crippen MR) is 74.2 cm³/mol. The van der Waals surface area contributed by atoms with Gasteiger partial charge < -0.3 is 15.2 Å². The van der Waals surface area contributed by atoms with Gasteiger partial charge in [-0.2, -0.15) is 0 Å². The number of carboxylic acid groups (broad SMARTS) is 1. The average molecular weight is 300 g/mol. The van der Waals surface area contributed by atoms with Crippen molar-refractivity contribution in [3.63, 3.8) is 0 Å². The first-order valence-electron chi connectivity index (χ1n) is 6.41. The summed E-state index contributed by atoms with van der Waals surface area (Å²) in [6.07, 6.45) is 2.50. The van der Waals surface area contributed by atoms with Gasteiger partial charge in [0.05, 0.1) is 16.7 Å². The summed E-state index contributed by atoms with van der Waals surface area (Å²) in [6.45, 7) is 1.09. The molecule has 0 saturated heterocycles. The number of nitro groups is 1. The quantitative estimate of drug-likeness (QED) is 0.413. The largest absolute Gasteiger partial charge is 0.477 e. The first-order valence-corrected chi connectivity index (χ1v) is 6.41. The number of hydrogen-bond acceptors (Lipinski definition) is 5. The van der Waals surface area contributed by atoms with Crippen LogP contribution in [0.3, 0.4) is 0 Å². The molecule has 8 heteroatoms. The maximum Gasteiger partial charge on any atom is 0.342 e. The second-order valence-corrected chi connectivity index (χ2v) is 4.39. The lowest BCUT2D eigenvalue weighted by molar-refractivity contribution is -0.385. The molecule has 2 N–H and O–H groups in total. The van der Waals surface area contributed by atoms with Gasteiger partial charge in [-0.05, 0) is 25.3 Å². The van der Waals surface area contributed by atoms with Crippen LogP contribution in [0.15, 0.2) is 12.1 Å². The standard InChI is InChI=1S/C13H17FN2O5/c1-21-6-4-2-3-5-15-11-7-9(13(17)18)12(16(19)20)8-10(11)14/h7-8,15H,2-6H2,1H3,(H,17,18). The van der Waals surface area contributed by atoms with Gasteiger partial charge in [-0.15, -0.1) is 0 Å². The topological polar surface area (TPSA) is 102 Å². The van der Waals surface area contributed by atoms with E-state index in [1.807, 2.05) is 0 Å². The van der Waals surface area contributed by atoms with Crippen LogP contribution in [0.2, 0.25) is 0 Å². The van der Waals surface area contributed by atoms with E-state index in [9.17, 15) is 19.3 Å². The van der Waals surface area contributed by atoms with Gasteiger partial charge >= 0.3 is 5.97 Å². The van der Waals surface area contributed by atoms with Crippen LogP contribution in [0.25, 0.3) is 0 Å². The molecule has 0 aromatic heterocycles. The van der Waals surface area contributed by atoms with Crippen molar-refractivity contribution in [2.75, 3.05) is 25.6 Å². The van der Waals surface area contributed by atoms with E-state index in [2.05, 4.69) is 5.32 Å². The molecular formula is C13H17FN2O5. The zero-order valence-electron chi connectivity index (χ0n) is 11.6. The van der Waals surface area contributed by atoms with Crippen molar-refractivity contribution in [2.45, 2.75) is 19.3 Å². The summed E-state index contributed by atoms with van der Waals surface area (Å²) >= 11 is 0. The molecule has 116 valence electrons. The smallest absolute Gasteiger partial charge is 0.342 e. The van der Waals surface area contributed by atoms with Crippen LogP contribution in [0.4, 0.5) is 15.8 Å².